The number of rotatable bonds is 8. The topological polar surface area (TPSA) is 66.0 Å². The summed E-state index contributed by atoms with van der Waals surface area (Å²) in [5, 5.41) is 6.07. The number of benzene rings is 2. The van der Waals surface area contributed by atoms with Crippen molar-refractivity contribution in [2.45, 2.75) is 27.3 Å². The lowest BCUT2D eigenvalue weighted by Gasteiger charge is -2.23. The number of nitrogens with zero attached hydrogens (tertiary/aromatic N) is 2. The van der Waals surface area contributed by atoms with E-state index in [1.54, 1.807) is 6.07 Å². The molecule has 0 aliphatic carbocycles. The Morgan fingerprint density at radius 2 is 1.96 bits per heavy atom. The van der Waals surface area contributed by atoms with Gasteiger partial charge in [-0.15, -0.1) is 0 Å². The zero-order chi connectivity index (χ0) is 20.4. The fourth-order valence-corrected chi connectivity index (χ4v) is 2.77. The third kappa shape index (κ3) is 6.95. The van der Waals surface area contributed by atoms with Crippen LogP contribution in [0.15, 0.2) is 53.5 Å². The van der Waals surface area contributed by atoms with Crippen molar-refractivity contribution in [3.63, 3.8) is 0 Å². The van der Waals surface area contributed by atoms with Crippen molar-refractivity contribution in [1.82, 2.24) is 10.2 Å². The van der Waals surface area contributed by atoms with E-state index in [-0.39, 0.29) is 5.91 Å². The van der Waals surface area contributed by atoms with Crippen molar-refractivity contribution in [3.8, 4) is 5.75 Å². The Balaban J connectivity index is 1.91. The summed E-state index contributed by atoms with van der Waals surface area (Å²) in [6.07, 6.45) is 0. The van der Waals surface area contributed by atoms with Crippen molar-refractivity contribution in [2.75, 3.05) is 32.1 Å². The Morgan fingerprint density at radius 3 is 2.68 bits per heavy atom. The Hall–Kier alpha value is -3.02. The van der Waals surface area contributed by atoms with Crippen LogP contribution in [0.1, 0.15) is 25.0 Å². The van der Waals surface area contributed by atoms with Crippen LogP contribution in [-0.4, -0.2) is 43.5 Å². The molecule has 0 heterocycles. The Kier molecular flexibility index (Phi) is 8.34. The highest BCUT2D eigenvalue weighted by Crippen LogP contribution is 2.17. The van der Waals surface area contributed by atoms with Gasteiger partial charge in [-0.2, -0.15) is 0 Å². The number of nitrogens with one attached hydrogen (secondary N) is 2. The summed E-state index contributed by atoms with van der Waals surface area (Å²) in [5.74, 6) is 1.45. The highest BCUT2D eigenvalue weighted by atomic mass is 16.5. The van der Waals surface area contributed by atoms with Crippen LogP contribution in [0.25, 0.3) is 0 Å². The van der Waals surface area contributed by atoms with Gasteiger partial charge >= 0.3 is 0 Å². The van der Waals surface area contributed by atoms with Crippen LogP contribution in [0, 0.1) is 6.92 Å². The van der Waals surface area contributed by atoms with E-state index in [1.807, 2.05) is 25.2 Å². The van der Waals surface area contributed by atoms with E-state index in [0.717, 1.165) is 24.7 Å². The zero-order valence-corrected chi connectivity index (χ0v) is 17.2. The molecule has 1 amide bonds. The van der Waals surface area contributed by atoms with Gasteiger partial charge in [0, 0.05) is 38.8 Å². The van der Waals surface area contributed by atoms with E-state index in [0.29, 0.717) is 18.9 Å². The number of aliphatic imine (C=N–C) groups is 1. The van der Waals surface area contributed by atoms with Crippen LogP contribution in [0.3, 0.4) is 0 Å². The van der Waals surface area contributed by atoms with E-state index < -0.39 is 0 Å². The lowest BCUT2D eigenvalue weighted by atomic mass is 10.1. The van der Waals surface area contributed by atoms with Gasteiger partial charge in [-0.3, -0.25) is 4.79 Å². The zero-order valence-electron chi connectivity index (χ0n) is 17.2. The average Bonchev–Trinajstić information content (AvgIpc) is 2.66. The minimum Gasteiger partial charge on any atom is -0.492 e. The first-order valence-corrected chi connectivity index (χ1v) is 9.54. The molecule has 0 spiro atoms. The number of guanidine groups is 1. The SMILES string of the molecule is CCNC(=NCCOc1cccc(NC(C)=O)c1)N(C)Cc1ccccc1C. The minimum atomic E-state index is -0.103. The molecule has 0 saturated heterocycles. The molecule has 150 valence electrons. The molecule has 0 aliphatic heterocycles. The second-order valence-corrected chi connectivity index (χ2v) is 6.58. The third-order valence-corrected chi connectivity index (χ3v) is 4.14. The van der Waals surface area contributed by atoms with E-state index >= 15 is 0 Å². The molecular weight excluding hydrogens is 352 g/mol. The molecule has 6 nitrogen and oxygen atoms in total. The van der Waals surface area contributed by atoms with Gasteiger partial charge in [-0.25, -0.2) is 4.99 Å². The van der Waals surface area contributed by atoms with Gasteiger partial charge in [-0.05, 0) is 37.1 Å². The molecule has 2 N–H and O–H groups in total. The lowest BCUT2D eigenvalue weighted by molar-refractivity contribution is -0.114. The molecule has 0 bridgehead atoms. The van der Waals surface area contributed by atoms with Crippen molar-refractivity contribution in [2.24, 2.45) is 4.99 Å². The van der Waals surface area contributed by atoms with Crippen LogP contribution in [0.4, 0.5) is 5.69 Å². The predicted octanol–water partition coefficient (Wildman–Crippen LogP) is 3.43. The van der Waals surface area contributed by atoms with Crippen LogP contribution in [0.5, 0.6) is 5.75 Å². The number of anilines is 1. The van der Waals surface area contributed by atoms with Crippen molar-refractivity contribution >= 4 is 17.6 Å². The average molecular weight is 383 g/mol. The number of hydrogen-bond donors (Lipinski definition) is 2. The maximum absolute atomic E-state index is 11.2. The molecule has 0 saturated carbocycles. The Morgan fingerprint density at radius 1 is 1.18 bits per heavy atom. The van der Waals surface area contributed by atoms with Crippen LogP contribution >= 0.6 is 0 Å². The smallest absolute Gasteiger partial charge is 0.221 e. The maximum atomic E-state index is 11.2. The number of amides is 1. The van der Waals surface area contributed by atoms with Gasteiger partial charge in [-0.1, -0.05) is 30.3 Å². The summed E-state index contributed by atoms with van der Waals surface area (Å²) in [6.45, 7) is 8.24. The molecule has 0 aromatic heterocycles. The normalized spacial score (nSPS) is 11.1. The van der Waals surface area contributed by atoms with Gasteiger partial charge in [0.15, 0.2) is 5.96 Å². The summed E-state index contributed by atoms with van der Waals surface area (Å²) in [5.41, 5.74) is 3.27. The second-order valence-electron chi connectivity index (χ2n) is 6.58. The number of aryl methyl sites for hydroxylation is 1. The molecule has 2 aromatic carbocycles. The minimum absolute atomic E-state index is 0.103. The summed E-state index contributed by atoms with van der Waals surface area (Å²) in [7, 11) is 2.03. The van der Waals surface area contributed by atoms with Gasteiger partial charge < -0.3 is 20.3 Å². The standard InChI is InChI=1S/C22H30N4O2/c1-5-23-22(26(4)16-19-10-7-6-9-17(19)2)24-13-14-28-21-12-8-11-20(15-21)25-18(3)27/h6-12,15H,5,13-14,16H2,1-4H3,(H,23,24)(H,25,27). The maximum Gasteiger partial charge on any atom is 0.221 e. The number of hydrogen-bond acceptors (Lipinski definition) is 3. The number of ether oxygens (including phenoxy) is 1. The highest BCUT2D eigenvalue weighted by Gasteiger charge is 2.08. The lowest BCUT2D eigenvalue weighted by Crippen LogP contribution is -2.38. The van der Waals surface area contributed by atoms with Gasteiger partial charge in [0.1, 0.15) is 12.4 Å². The molecule has 0 aliphatic rings. The van der Waals surface area contributed by atoms with Gasteiger partial charge in [0.25, 0.3) is 0 Å². The predicted molar refractivity (Wildman–Crippen MR) is 115 cm³/mol. The molecule has 2 rings (SSSR count). The molecule has 6 heteroatoms. The van der Waals surface area contributed by atoms with Gasteiger partial charge in [0.2, 0.25) is 5.91 Å². The highest BCUT2D eigenvalue weighted by molar-refractivity contribution is 5.88. The first kappa shape index (κ1) is 21.3. The van der Waals surface area contributed by atoms with E-state index in [2.05, 4.69) is 58.6 Å². The molecule has 28 heavy (non-hydrogen) atoms. The monoisotopic (exact) mass is 382 g/mol. The van der Waals surface area contributed by atoms with Crippen molar-refractivity contribution in [1.29, 1.82) is 0 Å². The van der Waals surface area contributed by atoms with Gasteiger partial charge in [0.05, 0.1) is 6.54 Å². The summed E-state index contributed by atoms with van der Waals surface area (Å²) in [4.78, 5) is 17.9. The van der Waals surface area contributed by atoms with E-state index in [4.69, 9.17) is 4.74 Å². The fourth-order valence-electron chi connectivity index (χ4n) is 2.77. The van der Waals surface area contributed by atoms with E-state index in [9.17, 15) is 4.79 Å². The fraction of sp³-hybridized carbons (Fsp3) is 0.364. The molecule has 0 fully saturated rings. The van der Waals surface area contributed by atoms with E-state index in [1.165, 1.54) is 18.1 Å². The second kappa shape index (κ2) is 11.0. The number of carbonyl (C=O) groups is 1. The van der Waals surface area contributed by atoms with Crippen LogP contribution in [-0.2, 0) is 11.3 Å². The molecule has 2 aromatic rings. The molecule has 0 radical (unpaired) electrons. The first-order chi connectivity index (χ1) is 13.5. The Labute approximate surface area is 167 Å². The van der Waals surface area contributed by atoms with Crippen LogP contribution in [0.2, 0.25) is 0 Å². The summed E-state index contributed by atoms with van der Waals surface area (Å²) in [6, 6.07) is 15.7. The largest absolute Gasteiger partial charge is 0.492 e. The molecule has 0 atom stereocenters. The van der Waals surface area contributed by atoms with Crippen LogP contribution < -0.4 is 15.4 Å². The molecular formula is C22H30N4O2. The first-order valence-electron chi connectivity index (χ1n) is 9.54. The quantitative estimate of drug-likeness (QED) is 0.417. The third-order valence-electron chi connectivity index (χ3n) is 4.14. The van der Waals surface area contributed by atoms with Crippen molar-refractivity contribution in [3.05, 3.63) is 59.7 Å². The molecule has 0 unspecified atom stereocenters. The number of carbonyl (C=O) groups excluding carboxylic acids is 1. The summed E-state index contributed by atoms with van der Waals surface area (Å²) < 4.78 is 5.77. The summed E-state index contributed by atoms with van der Waals surface area (Å²) >= 11 is 0. The van der Waals surface area contributed by atoms with Crippen molar-refractivity contribution < 1.29 is 9.53 Å². The Bertz CT molecular complexity index is 805.